The Balaban J connectivity index is 2.78. The van der Waals surface area contributed by atoms with Gasteiger partial charge in [-0.15, -0.1) is 0 Å². The Kier molecular flexibility index (Phi) is 5.43. The highest BCUT2D eigenvalue weighted by Gasteiger charge is 2.15. The fourth-order valence-electron chi connectivity index (χ4n) is 1.35. The second kappa shape index (κ2) is 6.38. The maximum atomic E-state index is 12.1. The molecule has 5 heteroatoms. The van der Waals surface area contributed by atoms with E-state index >= 15 is 0 Å². The molecule has 0 saturated carbocycles. The average Bonchev–Trinajstić information content (AvgIpc) is 2.28. The first-order valence-corrected chi connectivity index (χ1v) is 6.47. The van der Waals surface area contributed by atoms with Crippen molar-refractivity contribution in [1.82, 2.24) is 4.90 Å². The summed E-state index contributed by atoms with van der Waals surface area (Å²) in [4.78, 5) is 13.6. The van der Waals surface area contributed by atoms with E-state index in [-0.39, 0.29) is 5.91 Å². The molecule has 0 aliphatic heterocycles. The molecule has 17 heavy (non-hydrogen) atoms. The van der Waals surface area contributed by atoms with Gasteiger partial charge in [0.25, 0.3) is 5.91 Å². The molecule has 1 atom stereocenters. The highest BCUT2D eigenvalue weighted by Crippen LogP contribution is 2.22. The van der Waals surface area contributed by atoms with Crippen LogP contribution >= 0.6 is 27.5 Å². The third-order valence-corrected chi connectivity index (χ3v) is 3.21. The molecule has 1 aromatic rings. The van der Waals surface area contributed by atoms with Gasteiger partial charge in [-0.2, -0.15) is 0 Å². The lowest BCUT2D eigenvalue weighted by molar-refractivity contribution is 0.0769. The topological polar surface area (TPSA) is 40.5 Å². The standard InChI is InChI=1S/C12H15BrClNO2/c1-8(16)5-6-15(2)12(17)10-7-9(13)3-4-11(10)14/h3-4,7-8,16H,5-6H2,1-2H3. The van der Waals surface area contributed by atoms with E-state index < -0.39 is 6.10 Å². The van der Waals surface area contributed by atoms with E-state index in [9.17, 15) is 9.90 Å². The first-order valence-electron chi connectivity index (χ1n) is 5.30. The third kappa shape index (κ3) is 4.30. The minimum atomic E-state index is -0.414. The van der Waals surface area contributed by atoms with Gasteiger partial charge < -0.3 is 10.0 Å². The third-order valence-electron chi connectivity index (χ3n) is 2.39. The van der Waals surface area contributed by atoms with Gasteiger partial charge in [-0.3, -0.25) is 4.79 Å². The smallest absolute Gasteiger partial charge is 0.255 e. The van der Waals surface area contributed by atoms with Gasteiger partial charge in [-0.25, -0.2) is 0 Å². The number of aliphatic hydroxyl groups excluding tert-OH is 1. The number of amides is 1. The van der Waals surface area contributed by atoms with E-state index in [0.717, 1.165) is 4.47 Å². The van der Waals surface area contributed by atoms with E-state index in [0.29, 0.717) is 23.6 Å². The van der Waals surface area contributed by atoms with Crippen molar-refractivity contribution in [3.8, 4) is 0 Å². The summed E-state index contributed by atoms with van der Waals surface area (Å²) in [5.41, 5.74) is 0.467. The molecule has 0 aromatic heterocycles. The number of rotatable bonds is 4. The van der Waals surface area contributed by atoms with Gasteiger partial charge >= 0.3 is 0 Å². The normalized spacial score (nSPS) is 12.3. The van der Waals surface area contributed by atoms with E-state index in [2.05, 4.69) is 15.9 Å². The number of benzene rings is 1. The Morgan fingerprint density at radius 2 is 2.24 bits per heavy atom. The average molecular weight is 321 g/mol. The van der Waals surface area contributed by atoms with Gasteiger partial charge in [0.2, 0.25) is 0 Å². The highest BCUT2D eigenvalue weighted by atomic mass is 79.9. The van der Waals surface area contributed by atoms with Crippen LogP contribution in [-0.4, -0.2) is 35.6 Å². The summed E-state index contributed by atoms with van der Waals surface area (Å²) in [7, 11) is 1.70. The molecule has 0 bridgehead atoms. The van der Waals surface area contributed by atoms with Gasteiger partial charge in [0.1, 0.15) is 0 Å². The zero-order valence-corrected chi connectivity index (χ0v) is 12.1. The minimum Gasteiger partial charge on any atom is -0.393 e. The maximum absolute atomic E-state index is 12.1. The molecule has 0 fully saturated rings. The molecule has 1 rings (SSSR count). The number of hydrogen-bond acceptors (Lipinski definition) is 2. The minimum absolute atomic E-state index is 0.142. The molecular weight excluding hydrogens is 305 g/mol. The molecule has 0 aliphatic rings. The van der Waals surface area contributed by atoms with Gasteiger partial charge in [0.15, 0.2) is 0 Å². The van der Waals surface area contributed by atoms with Crippen molar-refractivity contribution < 1.29 is 9.90 Å². The predicted octanol–water partition coefficient (Wildman–Crippen LogP) is 2.95. The van der Waals surface area contributed by atoms with Crippen LogP contribution in [0.4, 0.5) is 0 Å². The van der Waals surface area contributed by atoms with Gasteiger partial charge in [0, 0.05) is 18.1 Å². The molecule has 0 spiro atoms. The Morgan fingerprint density at radius 3 is 2.82 bits per heavy atom. The lowest BCUT2D eigenvalue weighted by Gasteiger charge is -2.18. The van der Waals surface area contributed by atoms with E-state index in [1.54, 1.807) is 37.1 Å². The van der Waals surface area contributed by atoms with Crippen LogP contribution in [0.1, 0.15) is 23.7 Å². The molecule has 1 amide bonds. The van der Waals surface area contributed by atoms with Crippen LogP contribution in [0.25, 0.3) is 0 Å². The van der Waals surface area contributed by atoms with E-state index in [4.69, 9.17) is 11.6 Å². The number of carbonyl (C=O) groups is 1. The van der Waals surface area contributed by atoms with Crippen molar-refractivity contribution in [2.45, 2.75) is 19.4 Å². The van der Waals surface area contributed by atoms with Gasteiger partial charge in [-0.1, -0.05) is 27.5 Å². The quantitative estimate of drug-likeness (QED) is 0.926. The molecule has 1 N–H and O–H groups in total. The van der Waals surface area contributed by atoms with Crippen molar-refractivity contribution in [2.24, 2.45) is 0 Å². The molecule has 3 nitrogen and oxygen atoms in total. The Morgan fingerprint density at radius 1 is 1.59 bits per heavy atom. The fourth-order valence-corrected chi connectivity index (χ4v) is 1.91. The number of carbonyl (C=O) groups excluding carboxylic acids is 1. The summed E-state index contributed by atoms with van der Waals surface area (Å²) in [5, 5.41) is 9.61. The Bertz CT molecular complexity index is 409. The number of nitrogens with zero attached hydrogens (tertiary/aromatic N) is 1. The summed E-state index contributed by atoms with van der Waals surface area (Å²) in [5.74, 6) is -0.142. The number of hydrogen-bond donors (Lipinski definition) is 1. The summed E-state index contributed by atoms with van der Waals surface area (Å²) >= 11 is 9.29. The first-order chi connectivity index (χ1) is 7.91. The van der Waals surface area contributed by atoms with E-state index in [1.165, 1.54) is 0 Å². The molecule has 0 aliphatic carbocycles. The van der Waals surface area contributed by atoms with Crippen molar-refractivity contribution in [1.29, 1.82) is 0 Å². The van der Waals surface area contributed by atoms with Crippen LogP contribution in [-0.2, 0) is 0 Å². The molecule has 1 unspecified atom stereocenters. The van der Waals surface area contributed by atoms with Crippen LogP contribution in [0.15, 0.2) is 22.7 Å². The number of aliphatic hydroxyl groups is 1. The van der Waals surface area contributed by atoms with Crippen LogP contribution in [0.3, 0.4) is 0 Å². The maximum Gasteiger partial charge on any atom is 0.255 e. The molecule has 94 valence electrons. The summed E-state index contributed by atoms with van der Waals surface area (Å²) < 4.78 is 0.814. The summed E-state index contributed by atoms with van der Waals surface area (Å²) in [6.07, 6.45) is 0.136. The Labute approximate surface area is 115 Å². The Hall–Kier alpha value is -0.580. The highest BCUT2D eigenvalue weighted by molar-refractivity contribution is 9.10. The lowest BCUT2D eigenvalue weighted by atomic mass is 10.2. The molecular formula is C12H15BrClNO2. The van der Waals surface area contributed by atoms with Crippen LogP contribution in [0.5, 0.6) is 0 Å². The predicted molar refractivity (Wildman–Crippen MR) is 72.4 cm³/mol. The van der Waals surface area contributed by atoms with Crippen LogP contribution in [0, 0.1) is 0 Å². The second-order valence-corrected chi connectivity index (χ2v) is 5.31. The second-order valence-electron chi connectivity index (χ2n) is 3.99. The largest absolute Gasteiger partial charge is 0.393 e. The van der Waals surface area contributed by atoms with Crippen molar-refractivity contribution >= 4 is 33.4 Å². The van der Waals surface area contributed by atoms with Crippen LogP contribution < -0.4 is 0 Å². The van der Waals surface area contributed by atoms with Crippen molar-refractivity contribution in [3.05, 3.63) is 33.3 Å². The van der Waals surface area contributed by atoms with Crippen molar-refractivity contribution in [2.75, 3.05) is 13.6 Å². The number of halogens is 2. The fraction of sp³-hybridized carbons (Fsp3) is 0.417. The zero-order chi connectivity index (χ0) is 13.0. The van der Waals surface area contributed by atoms with E-state index in [1.807, 2.05) is 0 Å². The van der Waals surface area contributed by atoms with Crippen molar-refractivity contribution in [3.63, 3.8) is 0 Å². The summed E-state index contributed by atoms with van der Waals surface area (Å²) in [6, 6.07) is 5.17. The lowest BCUT2D eigenvalue weighted by Crippen LogP contribution is -2.29. The monoisotopic (exact) mass is 319 g/mol. The molecule has 0 radical (unpaired) electrons. The zero-order valence-electron chi connectivity index (χ0n) is 9.78. The van der Waals surface area contributed by atoms with Gasteiger partial charge in [0.05, 0.1) is 16.7 Å². The first kappa shape index (κ1) is 14.5. The summed E-state index contributed by atoms with van der Waals surface area (Å²) in [6.45, 7) is 2.20. The SMILES string of the molecule is CC(O)CCN(C)C(=O)c1cc(Br)ccc1Cl. The molecule has 0 saturated heterocycles. The molecule has 0 heterocycles. The molecule has 1 aromatic carbocycles. The van der Waals surface area contributed by atoms with Crippen LogP contribution in [0.2, 0.25) is 5.02 Å². The van der Waals surface area contributed by atoms with Gasteiger partial charge in [-0.05, 0) is 31.5 Å².